The maximum atomic E-state index is 5.57. The molecule has 0 aromatic rings. The summed E-state index contributed by atoms with van der Waals surface area (Å²) in [5.74, 6) is 0. The minimum absolute atomic E-state index is 0.812. The van der Waals surface area contributed by atoms with Gasteiger partial charge in [0.2, 0.25) is 0 Å². The van der Waals surface area contributed by atoms with Crippen molar-refractivity contribution in [3.8, 4) is 0 Å². The largest absolute Gasteiger partial charge is 0.329 e. The van der Waals surface area contributed by atoms with Gasteiger partial charge in [-0.1, -0.05) is 6.42 Å². The first kappa shape index (κ1) is 9.44. The summed E-state index contributed by atoms with van der Waals surface area (Å²) in [5, 5.41) is 0. The molecule has 0 aliphatic carbocycles. The first-order valence-electron chi connectivity index (χ1n) is 5.56. The highest BCUT2D eigenvalue weighted by Gasteiger charge is 2.27. The Hall–Kier alpha value is -0.120. The van der Waals surface area contributed by atoms with E-state index in [1.54, 1.807) is 0 Å². The highest BCUT2D eigenvalue weighted by Crippen LogP contribution is 2.20. The molecule has 2 saturated heterocycles. The molecule has 2 aliphatic rings. The SMILES string of the molecule is NCCN1CCN2CCCC[C@H]2C1. The summed E-state index contributed by atoms with van der Waals surface area (Å²) in [4.78, 5) is 5.18. The van der Waals surface area contributed by atoms with Crippen LogP contribution in [-0.2, 0) is 0 Å². The third kappa shape index (κ3) is 2.22. The normalized spacial score (nSPS) is 31.6. The topological polar surface area (TPSA) is 32.5 Å². The summed E-state index contributed by atoms with van der Waals surface area (Å²) < 4.78 is 0. The van der Waals surface area contributed by atoms with Crippen molar-refractivity contribution in [3.63, 3.8) is 0 Å². The Balaban J connectivity index is 1.84. The van der Waals surface area contributed by atoms with Crippen LogP contribution in [0.2, 0.25) is 0 Å². The zero-order valence-corrected chi connectivity index (χ0v) is 8.41. The summed E-state index contributed by atoms with van der Waals surface area (Å²) in [5.41, 5.74) is 5.57. The van der Waals surface area contributed by atoms with Gasteiger partial charge in [0.05, 0.1) is 0 Å². The molecule has 2 aliphatic heterocycles. The summed E-state index contributed by atoms with van der Waals surface area (Å²) in [6.45, 7) is 6.99. The number of piperidine rings is 1. The lowest BCUT2D eigenvalue weighted by atomic mass is 9.99. The summed E-state index contributed by atoms with van der Waals surface area (Å²) in [7, 11) is 0. The van der Waals surface area contributed by atoms with Crippen LogP contribution in [0, 0.1) is 0 Å². The van der Waals surface area contributed by atoms with Crippen molar-refractivity contribution >= 4 is 0 Å². The standard InChI is InChI=1S/C10H21N3/c11-4-6-12-7-8-13-5-2-1-3-10(13)9-12/h10H,1-9,11H2/t10-/m0/s1. The van der Waals surface area contributed by atoms with E-state index < -0.39 is 0 Å². The van der Waals surface area contributed by atoms with Gasteiger partial charge in [-0.15, -0.1) is 0 Å². The molecule has 76 valence electrons. The van der Waals surface area contributed by atoms with E-state index in [0.717, 1.165) is 19.1 Å². The smallest absolute Gasteiger partial charge is 0.0223 e. The fraction of sp³-hybridized carbons (Fsp3) is 1.00. The lowest BCUT2D eigenvalue weighted by Gasteiger charge is -2.44. The predicted octanol–water partition coefficient (Wildman–Crippen LogP) is 0.115. The third-order valence-electron chi connectivity index (χ3n) is 3.37. The van der Waals surface area contributed by atoms with Crippen molar-refractivity contribution in [1.29, 1.82) is 0 Å². The molecule has 3 nitrogen and oxygen atoms in total. The second kappa shape index (κ2) is 4.40. The zero-order valence-electron chi connectivity index (χ0n) is 8.41. The Morgan fingerprint density at radius 3 is 2.92 bits per heavy atom. The Labute approximate surface area is 80.9 Å². The van der Waals surface area contributed by atoms with Crippen LogP contribution in [0.3, 0.4) is 0 Å². The Bertz CT molecular complexity index is 160. The highest BCUT2D eigenvalue weighted by atomic mass is 15.3. The number of hydrogen-bond donors (Lipinski definition) is 1. The van der Waals surface area contributed by atoms with Gasteiger partial charge in [0.25, 0.3) is 0 Å². The molecule has 0 bridgehead atoms. The van der Waals surface area contributed by atoms with Gasteiger partial charge in [0, 0.05) is 38.8 Å². The number of fused-ring (bicyclic) bond motifs is 1. The first-order valence-corrected chi connectivity index (χ1v) is 5.56. The molecule has 2 N–H and O–H groups in total. The van der Waals surface area contributed by atoms with Crippen LogP contribution >= 0.6 is 0 Å². The molecule has 0 aromatic carbocycles. The molecule has 3 heteroatoms. The van der Waals surface area contributed by atoms with Gasteiger partial charge in [0.1, 0.15) is 0 Å². The van der Waals surface area contributed by atoms with Gasteiger partial charge in [0.15, 0.2) is 0 Å². The number of nitrogens with two attached hydrogens (primary N) is 1. The number of hydrogen-bond acceptors (Lipinski definition) is 3. The van der Waals surface area contributed by atoms with Crippen LogP contribution in [0.4, 0.5) is 0 Å². The quantitative estimate of drug-likeness (QED) is 0.660. The van der Waals surface area contributed by atoms with Crippen molar-refractivity contribution in [3.05, 3.63) is 0 Å². The van der Waals surface area contributed by atoms with Crippen LogP contribution in [0.25, 0.3) is 0 Å². The van der Waals surface area contributed by atoms with Crippen molar-refractivity contribution in [1.82, 2.24) is 9.80 Å². The number of nitrogens with zero attached hydrogens (tertiary/aromatic N) is 2. The summed E-state index contributed by atoms with van der Waals surface area (Å²) >= 11 is 0. The van der Waals surface area contributed by atoms with Gasteiger partial charge in [-0.05, 0) is 19.4 Å². The predicted molar refractivity (Wildman–Crippen MR) is 54.7 cm³/mol. The second-order valence-electron chi connectivity index (χ2n) is 4.27. The van der Waals surface area contributed by atoms with Gasteiger partial charge in [-0.2, -0.15) is 0 Å². The van der Waals surface area contributed by atoms with E-state index in [0.29, 0.717) is 0 Å². The van der Waals surface area contributed by atoms with Crippen molar-refractivity contribution in [2.24, 2.45) is 5.73 Å². The van der Waals surface area contributed by atoms with E-state index in [1.807, 2.05) is 0 Å². The van der Waals surface area contributed by atoms with E-state index in [2.05, 4.69) is 9.80 Å². The lowest BCUT2D eigenvalue weighted by Crippen LogP contribution is -2.55. The molecular weight excluding hydrogens is 162 g/mol. The van der Waals surface area contributed by atoms with Crippen LogP contribution < -0.4 is 5.73 Å². The van der Waals surface area contributed by atoms with Gasteiger partial charge >= 0.3 is 0 Å². The highest BCUT2D eigenvalue weighted by molar-refractivity contribution is 4.84. The average molecular weight is 183 g/mol. The van der Waals surface area contributed by atoms with E-state index in [9.17, 15) is 0 Å². The van der Waals surface area contributed by atoms with Crippen molar-refractivity contribution < 1.29 is 0 Å². The third-order valence-corrected chi connectivity index (χ3v) is 3.37. The fourth-order valence-electron chi connectivity index (χ4n) is 2.61. The maximum absolute atomic E-state index is 5.57. The molecule has 2 fully saturated rings. The first-order chi connectivity index (χ1) is 6.40. The van der Waals surface area contributed by atoms with Crippen LogP contribution in [-0.4, -0.2) is 55.1 Å². The molecule has 0 spiro atoms. The Kier molecular flexibility index (Phi) is 3.19. The maximum Gasteiger partial charge on any atom is 0.0223 e. The molecule has 2 rings (SSSR count). The zero-order chi connectivity index (χ0) is 9.10. The minimum atomic E-state index is 0.812. The monoisotopic (exact) mass is 183 g/mol. The van der Waals surface area contributed by atoms with Crippen molar-refractivity contribution in [2.45, 2.75) is 25.3 Å². The lowest BCUT2D eigenvalue weighted by molar-refractivity contribution is 0.0510. The van der Waals surface area contributed by atoms with E-state index in [-0.39, 0.29) is 0 Å². The van der Waals surface area contributed by atoms with Crippen LogP contribution in [0.15, 0.2) is 0 Å². The molecule has 0 unspecified atom stereocenters. The van der Waals surface area contributed by atoms with Gasteiger partial charge in [-0.25, -0.2) is 0 Å². The summed E-state index contributed by atoms with van der Waals surface area (Å²) in [6.07, 6.45) is 4.24. The van der Waals surface area contributed by atoms with E-state index >= 15 is 0 Å². The Morgan fingerprint density at radius 2 is 2.08 bits per heavy atom. The van der Waals surface area contributed by atoms with E-state index in [4.69, 9.17) is 5.73 Å². The molecule has 1 atom stereocenters. The molecule has 0 radical (unpaired) electrons. The molecule has 2 heterocycles. The molecule has 0 amide bonds. The molecule has 0 saturated carbocycles. The molecule has 13 heavy (non-hydrogen) atoms. The van der Waals surface area contributed by atoms with Gasteiger partial charge < -0.3 is 5.73 Å². The molecular formula is C10H21N3. The summed E-state index contributed by atoms with van der Waals surface area (Å²) in [6, 6.07) is 0.842. The Morgan fingerprint density at radius 1 is 1.15 bits per heavy atom. The van der Waals surface area contributed by atoms with Crippen LogP contribution in [0.1, 0.15) is 19.3 Å². The number of rotatable bonds is 2. The number of piperazine rings is 1. The van der Waals surface area contributed by atoms with Crippen molar-refractivity contribution in [2.75, 3.05) is 39.3 Å². The minimum Gasteiger partial charge on any atom is -0.329 e. The second-order valence-corrected chi connectivity index (χ2v) is 4.27. The average Bonchev–Trinajstić information content (AvgIpc) is 2.18. The molecule has 0 aromatic heterocycles. The fourth-order valence-corrected chi connectivity index (χ4v) is 2.61. The van der Waals surface area contributed by atoms with Crippen LogP contribution in [0.5, 0.6) is 0 Å². The van der Waals surface area contributed by atoms with E-state index in [1.165, 1.54) is 45.4 Å². The van der Waals surface area contributed by atoms with Gasteiger partial charge in [-0.3, -0.25) is 9.80 Å².